The van der Waals surface area contributed by atoms with E-state index >= 15 is 0 Å². The van der Waals surface area contributed by atoms with Crippen LogP contribution in [0, 0.1) is 35.5 Å². The van der Waals surface area contributed by atoms with Crippen LogP contribution in [-0.2, 0) is 0 Å². The van der Waals surface area contributed by atoms with Gasteiger partial charge in [-0.3, -0.25) is 10.9 Å². The molecule has 0 fully saturated rings. The smallest absolute Gasteiger partial charge is 0.0218 e. The molecule has 0 amide bonds. The van der Waals surface area contributed by atoms with Crippen molar-refractivity contribution in [2.75, 3.05) is 6.54 Å². The first-order valence-corrected chi connectivity index (χ1v) is 10.7. The van der Waals surface area contributed by atoms with Crippen LogP contribution in [0.25, 0.3) is 0 Å². The number of nitrogens with one attached hydrogen (secondary N) is 2. The molecule has 146 valence electrons. The third kappa shape index (κ3) is 8.85. The van der Waals surface area contributed by atoms with Gasteiger partial charge in [0.15, 0.2) is 0 Å². The fraction of sp³-hybridized carbons (Fsp3) is 1.00. The molecule has 0 aromatic rings. The zero-order chi connectivity index (χ0) is 18.7. The van der Waals surface area contributed by atoms with Crippen LogP contribution in [0.5, 0.6) is 0 Å². The molecule has 0 radical (unpaired) electrons. The summed E-state index contributed by atoms with van der Waals surface area (Å²) in [4.78, 5) is 0. The van der Waals surface area contributed by atoms with E-state index in [1.54, 1.807) is 0 Å². The largest absolute Gasteiger partial charge is 0.257 e. The topological polar surface area (TPSA) is 24.1 Å². The molecule has 24 heavy (non-hydrogen) atoms. The number of hydrogen-bond acceptors (Lipinski definition) is 2. The summed E-state index contributed by atoms with van der Waals surface area (Å²) in [5.41, 5.74) is 7.26. The Kier molecular flexibility index (Phi) is 13.1. The molecule has 2 heteroatoms. The van der Waals surface area contributed by atoms with Crippen LogP contribution in [0.15, 0.2) is 0 Å². The SMILES string of the molecule is CCCCCC(CNNC(C)C(C(C)CC)C(C)C(C)C)C(C)C. The highest BCUT2D eigenvalue weighted by atomic mass is 15.4. The van der Waals surface area contributed by atoms with Crippen LogP contribution in [-0.4, -0.2) is 12.6 Å². The zero-order valence-corrected chi connectivity index (χ0v) is 18.3. The van der Waals surface area contributed by atoms with Gasteiger partial charge in [-0.2, -0.15) is 0 Å². The van der Waals surface area contributed by atoms with Gasteiger partial charge in [-0.05, 0) is 48.9 Å². The lowest BCUT2D eigenvalue weighted by Gasteiger charge is -2.37. The minimum absolute atomic E-state index is 0.515. The maximum absolute atomic E-state index is 3.66. The second-order valence-corrected chi connectivity index (χ2v) is 8.88. The highest BCUT2D eigenvalue weighted by Gasteiger charge is 2.29. The Morgan fingerprint density at radius 1 is 0.792 bits per heavy atom. The van der Waals surface area contributed by atoms with Gasteiger partial charge in [-0.1, -0.05) is 81.1 Å². The summed E-state index contributed by atoms with van der Waals surface area (Å²) in [6.07, 6.45) is 6.67. The van der Waals surface area contributed by atoms with Crippen molar-refractivity contribution < 1.29 is 0 Å². The Bertz CT molecular complexity index is 288. The third-order valence-corrected chi connectivity index (χ3v) is 6.35. The Labute approximate surface area is 153 Å². The van der Waals surface area contributed by atoms with Gasteiger partial charge >= 0.3 is 0 Å². The van der Waals surface area contributed by atoms with Crippen LogP contribution < -0.4 is 10.9 Å². The predicted molar refractivity (Wildman–Crippen MR) is 110 cm³/mol. The molecule has 0 heterocycles. The maximum atomic E-state index is 3.66. The van der Waals surface area contributed by atoms with Crippen LogP contribution in [0.4, 0.5) is 0 Å². The molecule has 0 aromatic carbocycles. The van der Waals surface area contributed by atoms with Gasteiger partial charge in [-0.15, -0.1) is 0 Å². The van der Waals surface area contributed by atoms with E-state index < -0.39 is 0 Å². The second kappa shape index (κ2) is 13.2. The highest BCUT2D eigenvalue weighted by Crippen LogP contribution is 2.31. The van der Waals surface area contributed by atoms with Gasteiger partial charge in [0.2, 0.25) is 0 Å². The number of hydrogen-bond donors (Lipinski definition) is 2. The summed E-state index contributed by atoms with van der Waals surface area (Å²) in [6.45, 7) is 22.4. The van der Waals surface area contributed by atoms with E-state index in [-0.39, 0.29) is 0 Å². The summed E-state index contributed by atoms with van der Waals surface area (Å²) < 4.78 is 0. The Hall–Kier alpha value is -0.0800. The molecule has 2 N–H and O–H groups in total. The van der Waals surface area contributed by atoms with Crippen molar-refractivity contribution >= 4 is 0 Å². The molecule has 0 rings (SSSR count). The lowest BCUT2D eigenvalue weighted by molar-refractivity contribution is 0.142. The molecule has 0 aliphatic rings. The van der Waals surface area contributed by atoms with Crippen LogP contribution in [0.3, 0.4) is 0 Å². The molecule has 0 bridgehead atoms. The first kappa shape index (κ1) is 23.9. The predicted octanol–water partition coefficient (Wildman–Crippen LogP) is 6.28. The van der Waals surface area contributed by atoms with Crippen molar-refractivity contribution in [1.29, 1.82) is 0 Å². The molecule has 0 aromatic heterocycles. The van der Waals surface area contributed by atoms with E-state index in [2.05, 4.69) is 73.2 Å². The van der Waals surface area contributed by atoms with Gasteiger partial charge in [0, 0.05) is 12.6 Å². The zero-order valence-electron chi connectivity index (χ0n) is 18.3. The van der Waals surface area contributed by atoms with E-state index in [4.69, 9.17) is 0 Å². The molecular formula is C22H48N2. The monoisotopic (exact) mass is 340 g/mol. The first-order valence-electron chi connectivity index (χ1n) is 10.7. The normalized spacial score (nSPS) is 18.6. The molecule has 2 nitrogen and oxygen atoms in total. The Morgan fingerprint density at radius 3 is 1.88 bits per heavy atom. The fourth-order valence-corrected chi connectivity index (χ4v) is 3.96. The van der Waals surface area contributed by atoms with E-state index in [9.17, 15) is 0 Å². The molecule has 0 saturated carbocycles. The molecule has 5 atom stereocenters. The van der Waals surface area contributed by atoms with Crippen molar-refractivity contribution in [1.82, 2.24) is 10.9 Å². The van der Waals surface area contributed by atoms with Gasteiger partial charge in [-0.25, -0.2) is 0 Å². The van der Waals surface area contributed by atoms with E-state index in [1.807, 2.05) is 0 Å². The van der Waals surface area contributed by atoms with Gasteiger partial charge in [0.1, 0.15) is 0 Å². The Morgan fingerprint density at radius 2 is 1.42 bits per heavy atom. The summed E-state index contributed by atoms with van der Waals surface area (Å²) in [6, 6.07) is 0.515. The third-order valence-electron chi connectivity index (χ3n) is 6.35. The summed E-state index contributed by atoms with van der Waals surface area (Å²) >= 11 is 0. The molecule has 0 saturated heterocycles. The van der Waals surface area contributed by atoms with E-state index in [0.29, 0.717) is 6.04 Å². The fourth-order valence-electron chi connectivity index (χ4n) is 3.96. The van der Waals surface area contributed by atoms with Crippen molar-refractivity contribution in [3.8, 4) is 0 Å². The number of unbranched alkanes of at least 4 members (excludes halogenated alkanes) is 2. The minimum atomic E-state index is 0.515. The van der Waals surface area contributed by atoms with Gasteiger partial charge in [0.25, 0.3) is 0 Å². The quantitative estimate of drug-likeness (QED) is 0.287. The average Bonchev–Trinajstić information content (AvgIpc) is 2.52. The summed E-state index contributed by atoms with van der Waals surface area (Å²) in [5, 5.41) is 0. The van der Waals surface area contributed by atoms with Crippen LogP contribution in [0.1, 0.15) is 94.4 Å². The highest BCUT2D eigenvalue weighted by molar-refractivity contribution is 4.81. The van der Waals surface area contributed by atoms with Crippen LogP contribution in [0.2, 0.25) is 0 Å². The summed E-state index contributed by atoms with van der Waals surface area (Å²) in [7, 11) is 0. The second-order valence-electron chi connectivity index (χ2n) is 8.88. The molecular weight excluding hydrogens is 292 g/mol. The van der Waals surface area contributed by atoms with Crippen molar-refractivity contribution in [3.05, 3.63) is 0 Å². The van der Waals surface area contributed by atoms with Crippen LogP contribution >= 0.6 is 0 Å². The Balaban J connectivity index is 4.51. The minimum Gasteiger partial charge on any atom is -0.257 e. The van der Waals surface area contributed by atoms with E-state index in [1.165, 1.54) is 32.1 Å². The van der Waals surface area contributed by atoms with Gasteiger partial charge in [0.05, 0.1) is 0 Å². The number of rotatable bonds is 14. The maximum Gasteiger partial charge on any atom is 0.0218 e. The lowest BCUT2D eigenvalue weighted by atomic mass is 9.73. The summed E-state index contributed by atoms with van der Waals surface area (Å²) in [5.74, 6) is 4.50. The molecule has 5 unspecified atom stereocenters. The molecule has 0 aliphatic heterocycles. The number of hydrazine groups is 1. The standard InChI is InChI=1S/C22H48N2/c1-10-12-13-14-21(17(5)6)15-23-24-20(9)22(18(7)11-2)19(8)16(3)4/h16-24H,10-15H2,1-9H3. The van der Waals surface area contributed by atoms with Gasteiger partial charge < -0.3 is 0 Å². The average molecular weight is 341 g/mol. The van der Waals surface area contributed by atoms with E-state index in [0.717, 1.165) is 42.1 Å². The molecule has 0 spiro atoms. The van der Waals surface area contributed by atoms with Crippen molar-refractivity contribution in [2.45, 2.75) is 100 Å². The van der Waals surface area contributed by atoms with Crippen molar-refractivity contribution in [3.63, 3.8) is 0 Å². The lowest BCUT2D eigenvalue weighted by Crippen LogP contribution is -2.49. The first-order chi connectivity index (χ1) is 11.3. The van der Waals surface area contributed by atoms with Crippen molar-refractivity contribution in [2.24, 2.45) is 35.5 Å². The molecule has 0 aliphatic carbocycles.